The van der Waals surface area contributed by atoms with Crippen LogP contribution in [0.5, 0.6) is 5.88 Å². The Labute approximate surface area is 145 Å². The summed E-state index contributed by atoms with van der Waals surface area (Å²) >= 11 is 0. The third-order valence-corrected chi connectivity index (χ3v) is 3.75. The van der Waals surface area contributed by atoms with Crippen molar-refractivity contribution in [3.63, 3.8) is 0 Å². The molecule has 0 aliphatic rings. The molecule has 0 fully saturated rings. The third-order valence-electron chi connectivity index (χ3n) is 3.75. The number of amides is 1. The van der Waals surface area contributed by atoms with E-state index in [1.165, 1.54) is 5.56 Å². The van der Waals surface area contributed by atoms with Gasteiger partial charge in [-0.1, -0.05) is 17.7 Å². The summed E-state index contributed by atoms with van der Waals surface area (Å²) in [4.78, 5) is 20.7. The van der Waals surface area contributed by atoms with Crippen molar-refractivity contribution in [2.45, 2.75) is 20.3 Å². The van der Waals surface area contributed by atoms with Crippen LogP contribution < -0.4 is 10.1 Å². The lowest BCUT2D eigenvalue weighted by atomic mass is 10.1. The summed E-state index contributed by atoms with van der Waals surface area (Å²) in [5.41, 5.74) is 3.28. The fraction of sp³-hybridized carbons (Fsp3) is 0.211. The lowest BCUT2D eigenvalue weighted by Crippen LogP contribution is -2.15. The number of hydrogen-bond donors (Lipinski definition) is 1. The maximum absolute atomic E-state index is 12.2. The minimum atomic E-state index is -0.182. The van der Waals surface area contributed by atoms with Gasteiger partial charge in [0, 0.05) is 11.6 Å². The van der Waals surface area contributed by atoms with E-state index in [2.05, 4.69) is 15.3 Å². The number of pyridine rings is 1. The van der Waals surface area contributed by atoms with Crippen molar-refractivity contribution in [1.29, 1.82) is 0 Å². The van der Waals surface area contributed by atoms with Crippen molar-refractivity contribution >= 4 is 11.6 Å². The zero-order valence-electron chi connectivity index (χ0n) is 14.4. The van der Waals surface area contributed by atoms with Crippen LogP contribution in [-0.4, -0.2) is 23.0 Å². The largest absolute Gasteiger partial charge is 0.481 e. The lowest BCUT2D eigenvalue weighted by Gasteiger charge is -2.04. The Morgan fingerprint density at radius 3 is 2.56 bits per heavy atom. The van der Waals surface area contributed by atoms with Gasteiger partial charge in [-0.05, 0) is 32.0 Å². The van der Waals surface area contributed by atoms with E-state index in [4.69, 9.17) is 9.15 Å². The number of methoxy groups -OCH3 is 1. The lowest BCUT2D eigenvalue weighted by molar-refractivity contribution is -0.115. The average Bonchev–Trinajstić information content (AvgIpc) is 2.96. The first-order chi connectivity index (χ1) is 12.0. The molecule has 3 aromatic rings. The van der Waals surface area contributed by atoms with E-state index < -0.39 is 0 Å². The van der Waals surface area contributed by atoms with Gasteiger partial charge in [-0.2, -0.15) is 0 Å². The number of nitrogens with zero attached hydrogens (tertiary/aromatic N) is 2. The molecule has 1 N–H and O–H groups in total. The van der Waals surface area contributed by atoms with Crippen LogP contribution in [0.4, 0.5) is 5.69 Å². The maximum atomic E-state index is 12.2. The number of aryl methyl sites for hydroxylation is 2. The molecule has 0 saturated carbocycles. The van der Waals surface area contributed by atoms with E-state index in [1.54, 1.807) is 25.4 Å². The second-order valence-electron chi connectivity index (χ2n) is 5.70. The molecule has 1 aromatic carbocycles. The van der Waals surface area contributed by atoms with Gasteiger partial charge >= 0.3 is 0 Å². The Morgan fingerprint density at radius 2 is 1.92 bits per heavy atom. The van der Waals surface area contributed by atoms with Gasteiger partial charge in [0.05, 0.1) is 31.1 Å². The number of carbonyl (C=O) groups excluding carboxylic acids is 1. The molecule has 0 bridgehead atoms. The number of rotatable bonds is 5. The van der Waals surface area contributed by atoms with Crippen LogP contribution in [0.3, 0.4) is 0 Å². The molecule has 25 heavy (non-hydrogen) atoms. The Hall–Kier alpha value is -3.15. The van der Waals surface area contributed by atoms with E-state index in [0.717, 1.165) is 5.56 Å². The van der Waals surface area contributed by atoms with E-state index in [1.807, 2.05) is 38.1 Å². The number of ether oxygens (including phenoxy) is 1. The molecule has 2 heterocycles. The van der Waals surface area contributed by atoms with Gasteiger partial charge in [0.15, 0.2) is 0 Å². The highest BCUT2D eigenvalue weighted by atomic mass is 16.5. The first-order valence-corrected chi connectivity index (χ1v) is 7.88. The molecular weight excluding hydrogens is 318 g/mol. The van der Waals surface area contributed by atoms with E-state index in [0.29, 0.717) is 28.9 Å². The van der Waals surface area contributed by atoms with Gasteiger partial charge in [-0.25, -0.2) is 9.97 Å². The normalized spacial score (nSPS) is 10.5. The molecule has 0 radical (unpaired) electrons. The van der Waals surface area contributed by atoms with Crippen molar-refractivity contribution in [2.24, 2.45) is 0 Å². The summed E-state index contributed by atoms with van der Waals surface area (Å²) in [5, 5.41) is 2.79. The van der Waals surface area contributed by atoms with Crippen LogP contribution >= 0.6 is 0 Å². The molecule has 0 aliphatic heterocycles. The fourth-order valence-electron chi connectivity index (χ4n) is 2.34. The van der Waals surface area contributed by atoms with Gasteiger partial charge in [0.25, 0.3) is 0 Å². The highest BCUT2D eigenvalue weighted by Gasteiger charge is 2.15. The molecule has 6 nitrogen and oxygen atoms in total. The van der Waals surface area contributed by atoms with Crippen LogP contribution in [-0.2, 0) is 11.2 Å². The molecule has 3 rings (SSSR count). The van der Waals surface area contributed by atoms with Gasteiger partial charge in [0.1, 0.15) is 5.76 Å². The van der Waals surface area contributed by atoms with Crippen LogP contribution in [0.2, 0.25) is 0 Å². The number of aromatic nitrogens is 2. The molecule has 0 unspecified atom stereocenters. The minimum Gasteiger partial charge on any atom is -0.481 e. The standard InChI is InChI=1S/C19H19N3O3/c1-12-4-6-14(7-5-12)19-22-16(13(2)25-19)10-17(23)21-15-8-9-18(24-3)20-11-15/h4-9,11H,10H2,1-3H3,(H,21,23). The number of benzene rings is 1. The molecule has 0 spiro atoms. The van der Waals surface area contributed by atoms with Crippen LogP contribution in [0.1, 0.15) is 17.0 Å². The first kappa shape index (κ1) is 16.7. The van der Waals surface area contributed by atoms with Crippen molar-refractivity contribution in [3.8, 4) is 17.3 Å². The molecule has 0 atom stereocenters. The number of hydrogen-bond acceptors (Lipinski definition) is 5. The van der Waals surface area contributed by atoms with Crippen molar-refractivity contribution in [1.82, 2.24) is 9.97 Å². The predicted octanol–water partition coefficient (Wildman–Crippen LogP) is 3.54. The van der Waals surface area contributed by atoms with E-state index in [9.17, 15) is 4.79 Å². The number of nitrogens with one attached hydrogen (secondary N) is 1. The second kappa shape index (κ2) is 7.17. The summed E-state index contributed by atoms with van der Waals surface area (Å²) in [6.07, 6.45) is 1.68. The molecule has 128 valence electrons. The van der Waals surface area contributed by atoms with Crippen LogP contribution in [0.15, 0.2) is 47.0 Å². The zero-order valence-corrected chi connectivity index (χ0v) is 14.4. The quantitative estimate of drug-likeness (QED) is 0.770. The summed E-state index contributed by atoms with van der Waals surface area (Å²) in [6, 6.07) is 11.3. The molecule has 0 saturated heterocycles. The highest BCUT2D eigenvalue weighted by Crippen LogP contribution is 2.22. The van der Waals surface area contributed by atoms with Crippen molar-refractivity contribution in [2.75, 3.05) is 12.4 Å². The topological polar surface area (TPSA) is 77.2 Å². The third kappa shape index (κ3) is 4.03. The minimum absolute atomic E-state index is 0.132. The summed E-state index contributed by atoms with van der Waals surface area (Å²) in [7, 11) is 1.54. The molecular formula is C19H19N3O3. The molecule has 1 amide bonds. The van der Waals surface area contributed by atoms with Gasteiger partial charge in [0.2, 0.25) is 17.7 Å². The van der Waals surface area contributed by atoms with E-state index >= 15 is 0 Å². The summed E-state index contributed by atoms with van der Waals surface area (Å²) in [6.45, 7) is 3.83. The SMILES string of the molecule is COc1ccc(NC(=O)Cc2nc(-c3ccc(C)cc3)oc2C)cn1. The monoisotopic (exact) mass is 337 g/mol. The first-order valence-electron chi connectivity index (χ1n) is 7.88. The molecule has 6 heteroatoms. The second-order valence-corrected chi connectivity index (χ2v) is 5.70. The molecule has 0 aliphatic carbocycles. The summed E-state index contributed by atoms with van der Waals surface area (Å²) in [5.74, 6) is 1.47. The number of oxazole rings is 1. The fourth-order valence-corrected chi connectivity index (χ4v) is 2.34. The Kier molecular flexibility index (Phi) is 4.79. The van der Waals surface area contributed by atoms with Gasteiger partial charge < -0.3 is 14.5 Å². The van der Waals surface area contributed by atoms with Gasteiger partial charge in [-0.15, -0.1) is 0 Å². The average molecular weight is 337 g/mol. The Morgan fingerprint density at radius 1 is 1.16 bits per heavy atom. The maximum Gasteiger partial charge on any atom is 0.230 e. The predicted molar refractivity (Wildman–Crippen MR) is 94.5 cm³/mol. The zero-order chi connectivity index (χ0) is 17.8. The highest BCUT2D eigenvalue weighted by molar-refractivity contribution is 5.92. The van der Waals surface area contributed by atoms with Crippen LogP contribution in [0, 0.1) is 13.8 Å². The molecule has 2 aromatic heterocycles. The Balaban J connectivity index is 1.69. The smallest absolute Gasteiger partial charge is 0.230 e. The summed E-state index contributed by atoms with van der Waals surface area (Å²) < 4.78 is 10.7. The van der Waals surface area contributed by atoms with Gasteiger partial charge in [-0.3, -0.25) is 4.79 Å². The Bertz CT molecular complexity index is 868. The van der Waals surface area contributed by atoms with E-state index in [-0.39, 0.29) is 12.3 Å². The van der Waals surface area contributed by atoms with Crippen molar-refractivity contribution in [3.05, 3.63) is 59.6 Å². The number of carbonyl (C=O) groups is 1. The number of anilines is 1. The van der Waals surface area contributed by atoms with Crippen molar-refractivity contribution < 1.29 is 13.9 Å². The van der Waals surface area contributed by atoms with Crippen LogP contribution in [0.25, 0.3) is 11.5 Å².